The highest BCUT2D eigenvalue weighted by molar-refractivity contribution is 7.32. The van der Waals surface area contributed by atoms with Crippen LogP contribution >= 0.6 is 8.25 Å². The molecule has 20 heavy (non-hydrogen) atoms. The number of benzene rings is 1. The van der Waals surface area contributed by atoms with Gasteiger partial charge in [0.05, 0.1) is 0 Å². The fraction of sp³-hybridized carbons (Fsp3) is 0.462. The van der Waals surface area contributed by atoms with Crippen molar-refractivity contribution in [3.05, 3.63) is 35.9 Å². The summed E-state index contributed by atoms with van der Waals surface area (Å²) in [6, 6.07) is 9.15. The summed E-state index contributed by atoms with van der Waals surface area (Å²) >= 11 is 0. The Balaban J connectivity index is 0.000000796. The van der Waals surface area contributed by atoms with E-state index in [1.165, 1.54) is 12.8 Å². The van der Waals surface area contributed by atoms with E-state index in [1.807, 2.05) is 30.3 Å². The number of nitrogens with one attached hydrogen (secondary N) is 1. The summed E-state index contributed by atoms with van der Waals surface area (Å²) in [4.78, 5) is 19.3. The van der Waals surface area contributed by atoms with E-state index in [-0.39, 0.29) is 13.3 Å². The van der Waals surface area contributed by atoms with Gasteiger partial charge in [0.15, 0.2) is 0 Å². The number of carbonyl (C=O) groups is 1. The molecule has 6 nitrogen and oxygen atoms in total. The zero-order chi connectivity index (χ0) is 15.2. The third kappa shape index (κ3) is 11.7. The average Bonchev–Trinajstić information content (AvgIpc) is 2.46. The molecule has 0 aromatic heterocycles. The van der Waals surface area contributed by atoms with Crippen LogP contribution in [0.3, 0.4) is 0 Å². The zero-order valence-electron chi connectivity index (χ0n) is 11.8. The predicted molar refractivity (Wildman–Crippen MR) is 77.5 cm³/mol. The highest BCUT2D eigenvalue weighted by Crippen LogP contribution is 2.12. The van der Waals surface area contributed by atoms with Crippen molar-refractivity contribution in [3.8, 4) is 0 Å². The molecule has 1 amide bonds. The number of hydrogen-bond donors (Lipinski definition) is 2. The van der Waals surface area contributed by atoms with Crippen molar-refractivity contribution in [2.24, 2.45) is 0 Å². The molecule has 1 unspecified atom stereocenters. The molecule has 0 fully saturated rings. The molecule has 0 spiro atoms. The Labute approximate surface area is 120 Å². The lowest BCUT2D eigenvalue weighted by atomic mass is 10.2. The lowest BCUT2D eigenvalue weighted by Crippen LogP contribution is -2.25. The summed E-state index contributed by atoms with van der Waals surface area (Å²) in [7, 11) is -3.02. The first-order chi connectivity index (χ1) is 9.60. The van der Waals surface area contributed by atoms with E-state index in [2.05, 4.69) is 23.7 Å². The molecule has 0 aliphatic carbocycles. The Morgan fingerprint density at radius 1 is 1.25 bits per heavy atom. The number of alkyl carbamates (subject to hydrolysis) is 1. The Hall–Kier alpha value is -1.36. The highest BCUT2D eigenvalue weighted by Gasteiger charge is 2.02. The van der Waals surface area contributed by atoms with E-state index in [0.29, 0.717) is 0 Å². The van der Waals surface area contributed by atoms with Crippen molar-refractivity contribution >= 4 is 14.3 Å². The largest absolute Gasteiger partial charge is 0.445 e. The quantitative estimate of drug-likeness (QED) is 0.623. The van der Waals surface area contributed by atoms with Crippen molar-refractivity contribution in [1.82, 2.24) is 5.32 Å². The van der Waals surface area contributed by atoms with E-state index in [1.54, 1.807) is 0 Å². The third-order valence-electron chi connectivity index (χ3n) is 2.12. The smallest absolute Gasteiger partial charge is 0.409 e. The summed E-state index contributed by atoms with van der Waals surface area (Å²) < 4.78 is 19.2. The van der Waals surface area contributed by atoms with Gasteiger partial charge in [0, 0.05) is 0 Å². The van der Waals surface area contributed by atoms with Gasteiger partial charge in [-0.2, -0.15) is 0 Å². The van der Waals surface area contributed by atoms with Gasteiger partial charge in [-0.05, 0) is 5.56 Å². The summed E-state index contributed by atoms with van der Waals surface area (Å²) in [6.45, 7) is 4.16. The van der Waals surface area contributed by atoms with E-state index in [4.69, 9.17) is 9.63 Å². The molecule has 1 rings (SSSR count). The van der Waals surface area contributed by atoms with Crippen LogP contribution < -0.4 is 5.32 Å². The van der Waals surface area contributed by atoms with Crippen LogP contribution in [0.5, 0.6) is 0 Å². The Morgan fingerprint density at radius 3 is 2.35 bits per heavy atom. The Bertz CT molecular complexity index is 384. The molecular formula is C13H22NO5P. The number of amides is 1. The van der Waals surface area contributed by atoms with Gasteiger partial charge in [-0.3, -0.25) is 14.4 Å². The van der Waals surface area contributed by atoms with E-state index >= 15 is 0 Å². The molecule has 1 aromatic carbocycles. The molecule has 114 valence electrons. The molecule has 0 saturated carbocycles. The first-order valence-corrected chi connectivity index (χ1v) is 7.66. The number of rotatable bonds is 6. The number of hydrogen-bond acceptors (Lipinski definition) is 4. The van der Waals surface area contributed by atoms with Crippen LogP contribution in [-0.4, -0.2) is 17.7 Å². The fourth-order valence-electron chi connectivity index (χ4n) is 0.931. The Morgan fingerprint density at radius 2 is 1.85 bits per heavy atom. The molecule has 0 bridgehead atoms. The van der Waals surface area contributed by atoms with Crippen LogP contribution in [0.15, 0.2) is 30.3 Å². The molecule has 0 saturated heterocycles. The highest BCUT2D eigenvalue weighted by atomic mass is 31.1. The van der Waals surface area contributed by atoms with Gasteiger partial charge in [0.25, 0.3) is 0 Å². The molecule has 0 aliphatic rings. The van der Waals surface area contributed by atoms with Gasteiger partial charge >= 0.3 is 14.3 Å². The maximum Gasteiger partial charge on any atom is 0.409 e. The van der Waals surface area contributed by atoms with E-state index < -0.39 is 14.3 Å². The number of unbranched alkanes of at least 4 members (excludes halogenated alkanes) is 1. The van der Waals surface area contributed by atoms with Crippen LogP contribution in [0.25, 0.3) is 0 Å². The minimum atomic E-state index is -3.02. The Kier molecular flexibility index (Phi) is 11.8. The molecule has 1 aromatic rings. The second-order valence-corrected chi connectivity index (χ2v) is 4.61. The zero-order valence-corrected chi connectivity index (χ0v) is 12.8. The van der Waals surface area contributed by atoms with Crippen LogP contribution in [-0.2, 0) is 20.4 Å². The van der Waals surface area contributed by atoms with Crippen molar-refractivity contribution in [2.75, 3.05) is 6.73 Å². The standard InChI is InChI=1S/C9H12NO5P.C4H10/c11-9(10-7-15-16(12)13)14-6-8-4-2-1-3-5-8;1-3-4-2/h1-5,16H,6-7H2,(H,10,11)(H,12,13);3-4H2,1-2H3. The molecular weight excluding hydrogens is 281 g/mol. The van der Waals surface area contributed by atoms with Gasteiger partial charge in [0.1, 0.15) is 13.3 Å². The summed E-state index contributed by atoms with van der Waals surface area (Å²) in [5.74, 6) is 0. The van der Waals surface area contributed by atoms with E-state index in [9.17, 15) is 9.36 Å². The fourth-order valence-corrected chi connectivity index (χ4v) is 1.13. The topological polar surface area (TPSA) is 84.9 Å². The predicted octanol–water partition coefficient (Wildman–Crippen LogP) is 3.08. The molecule has 7 heteroatoms. The summed E-state index contributed by atoms with van der Waals surface area (Å²) in [5.41, 5.74) is 0.856. The first kappa shape index (κ1) is 18.6. The third-order valence-corrected chi connectivity index (χ3v) is 2.52. The molecule has 0 radical (unpaired) electrons. The maximum absolute atomic E-state index is 11.0. The summed E-state index contributed by atoms with van der Waals surface area (Å²) in [6.07, 6.45) is 1.94. The second kappa shape index (κ2) is 12.7. The SMILES string of the molecule is CCCC.O=C(NCO[PH](=O)O)OCc1ccccc1. The molecule has 0 heterocycles. The second-order valence-electron chi connectivity index (χ2n) is 3.79. The van der Waals surface area contributed by atoms with E-state index in [0.717, 1.165) is 5.56 Å². The average molecular weight is 303 g/mol. The summed E-state index contributed by atoms with van der Waals surface area (Å²) in [5, 5.41) is 2.17. The van der Waals surface area contributed by atoms with Crippen molar-refractivity contribution in [1.29, 1.82) is 0 Å². The van der Waals surface area contributed by atoms with Gasteiger partial charge < -0.3 is 9.63 Å². The van der Waals surface area contributed by atoms with Crippen LogP contribution in [0.4, 0.5) is 4.79 Å². The van der Waals surface area contributed by atoms with Crippen molar-refractivity contribution in [2.45, 2.75) is 33.3 Å². The molecule has 0 aliphatic heterocycles. The minimum Gasteiger partial charge on any atom is -0.445 e. The lowest BCUT2D eigenvalue weighted by Gasteiger charge is -2.06. The molecule has 2 N–H and O–H groups in total. The number of ether oxygens (including phenoxy) is 1. The van der Waals surface area contributed by atoms with Crippen LogP contribution in [0, 0.1) is 0 Å². The van der Waals surface area contributed by atoms with Crippen molar-refractivity contribution < 1.29 is 23.5 Å². The van der Waals surface area contributed by atoms with Crippen LogP contribution in [0.1, 0.15) is 32.3 Å². The van der Waals surface area contributed by atoms with Gasteiger partial charge in [-0.25, -0.2) is 4.79 Å². The maximum atomic E-state index is 11.0. The van der Waals surface area contributed by atoms with Gasteiger partial charge in [0.2, 0.25) is 0 Å². The monoisotopic (exact) mass is 303 g/mol. The lowest BCUT2D eigenvalue weighted by molar-refractivity contribution is 0.129. The van der Waals surface area contributed by atoms with Gasteiger partial charge in [-0.15, -0.1) is 0 Å². The first-order valence-electron chi connectivity index (χ1n) is 6.40. The van der Waals surface area contributed by atoms with Gasteiger partial charge in [-0.1, -0.05) is 57.0 Å². The molecule has 1 atom stereocenters. The number of carbonyl (C=O) groups excluding carboxylic acids is 1. The van der Waals surface area contributed by atoms with Crippen LogP contribution in [0.2, 0.25) is 0 Å². The normalized spacial score (nSPS) is 10.9. The van der Waals surface area contributed by atoms with Crippen molar-refractivity contribution in [3.63, 3.8) is 0 Å². The minimum absolute atomic E-state index is 0.140.